The Balaban J connectivity index is 0. The Morgan fingerprint density at radius 1 is 1.58 bits per heavy atom. The first-order valence-corrected chi connectivity index (χ1v) is 4.58. The summed E-state index contributed by atoms with van der Waals surface area (Å²) in [4.78, 5) is 27.3. The van der Waals surface area contributed by atoms with Crippen LogP contribution in [0.5, 0.6) is 0 Å². The Bertz CT molecular complexity index is 221. The van der Waals surface area contributed by atoms with Gasteiger partial charge in [-0.25, -0.2) is 9.63 Å². The molecule has 0 aromatic carbocycles. The molecule has 1 heterocycles. The largest absolute Gasteiger partial charge is 1.00 e. The third-order valence-electron chi connectivity index (χ3n) is 1.23. The maximum atomic E-state index is 10.7. The van der Waals surface area contributed by atoms with E-state index in [4.69, 9.17) is 9.79 Å². The number of nitrogens with zero attached hydrogens (tertiary/aromatic N) is 1. The van der Waals surface area contributed by atoms with Crippen molar-refractivity contribution in [2.75, 3.05) is 6.54 Å². The van der Waals surface area contributed by atoms with Gasteiger partial charge in [0.25, 0.3) is 0 Å². The second-order valence-corrected chi connectivity index (χ2v) is 3.32. The minimum absolute atomic E-state index is 0. The predicted molar refractivity (Wildman–Crippen MR) is 35.2 cm³/mol. The summed E-state index contributed by atoms with van der Waals surface area (Å²) < 4.78 is 14.3. The Morgan fingerprint density at radius 3 is 2.50 bits per heavy atom. The zero-order chi connectivity index (χ0) is 8.48. The van der Waals surface area contributed by atoms with E-state index >= 15 is 0 Å². The summed E-state index contributed by atoms with van der Waals surface area (Å²) in [6.45, 7) is 0.254. The molecule has 0 saturated carbocycles. The van der Waals surface area contributed by atoms with Crippen LogP contribution in [0.15, 0.2) is 0 Å². The number of phosphoric acid groups is 1. The van der Waals surface area contributed by atoms with Crippen LogP contribution < -0.4 is 51.4 Å². The predicted octanol–water partition coefficient (Wildman–Crippen LogP) is -3.25. The topological polar surface area (TPSA) is 87.1 Å². The van der Waals surface area contributed by atoms with E-state index in [0.717, 1.165) is 0 Å². The van der Waals surface area contributed by atoms with Crippen molar-refractivity contribution in [2.24, 2.45) is 0 Å². The first kappa shape index (κ1) is 13.2. The van der Waals surface area contributed by atoms with E-state index in [1.54, 1.807) is 0 Å². The molecular formula is C4H9KNO5P. The van der Waals surface area contributed by atoms with Gasteiger partial charge in [-0.2, -0.15) is 4.62 Å². The van der Waals surface area contributed by atoms with Crippen molar-refractivity contribution in [1.82, 2.24) is 5.06 Å². The van der Waals surface area contributed by atoms with E-state index in [-0.39, 0.29) is 65.3 Å². The smallest absolute Gasteiger partial charge is 1.00 e. The van der Waals surface area contributed by atoms with Crippen LogP contribution in [0.1, 0.15) is 14.3 Å². The van der Waals surface area contributed by atoms with Gasteiger partial charge in [-0.1, -0.05) is 0 Å². The van der Waals surface area contributed by atoms with Crippen molar-refractivity contribution in [3.8, 4) is 0 Å². The summed E-state index contributed by atoms with van der Waals surface area (Å²) in [5.74, 6) is -0.381. The third kappa shape index (κ3) is 4.45. The van der Waals surface area contributed by atoms with E-state index in [1.165, 1.54) is 0 Å². The molecule has 1 saturated heterocycles. The van der Waals surface area contributed by atoms with Crippen LogP contribution in [-0.4, -0.2) is 27.3 Å². The first-order chi connectivity index (χ1) is 4.99. The van der Waals surface area contributed by atoms with Gasteiger partial charge < -0.3 is 11.2 Å². The van der Waals surface area contributed by atoms with E-state index in [1.807, 2.05) is 0 Å². The summed E-state index contributed by atoms with van der Waals surface area (Å²) in [7, 11) is -4.55. The summed E-state index contributed by atoms with van der Waals surface area (Å²) in [6.07, 6.45) is 0.874. The molecule has 6 nitrogen and oxygen atoms in total. The first-order valence-electron chi connectivity index (χ1n) is 3.05. The van der Waals surface area contributed by atoms with Crippen molar-refractivity contribution in [3.05, 3.63) is 0 Å². The van der Waals surface area contributed by atoms with Crippen LogP contribution in [0.4, 0.5) is 0 Å². The Labute approximate surface area is 113 Å². The van der Waals surface area contributed by atoms with Crippen molar-refractivity contribution >= 4 is 13.7 Å². The number of hydroxylamine groups is 2. The number of carbonyl (C=O) groups is 1. The van der Waals surface area contributed by atoms with E-state index < -0.39 is 7.82 Å². The fourth-order valence-electron chi connectivity index (χ4n) is 0.838. The fourth-order valence-corrected chi connectivity index (χ4v) is 1.27. The maximum Gasteiger partial charge on any atom is 1.00 e. The van der Waals surface area contributed by atoms with Crippen LogP contribution in [0.2, 0.25) is 0 Å². The minimum Gasteiger partial charge on any atom is -1.00 e. The SMILES string of the molecule is O=C1CCCN1OP(=O)(O)O.[H-].[K+]. The van der Waals surface area contributed by atoms with Crippen LogP contribution in [0, 0.1) is 0 Å². The Morgan fingerprint density at radius 2 is 2.17 bits per heavy atom. The third-order valence-corrected chi connectivity index (χ3v) is 1.64. The summed E-state index contributed by atoms with van der Waals surface area (Å²) >= 11 is 0. The van der Waals surface area contributed by atoms with Crippen molar-refractivity contribution < 1.29 is 76.6 Å². The monoisotopic (exact) mass is 221 g/mol. The molecule has 0 aromatic heterocycles. The van der Waals surface area contributed by atoms with Gasteiger partial charge in [0.2, 0.25) is 5.91 Å². The molecule has 1 fully saturated rings. The van der Waals surface area contributed by atoms with Gasteiger partial charge in [-0.15, -0.1) is 0 Å². The number of hydrogen-bond acceptors (Lipinski definition) is 3. The summed E-state index contributed by atoms with van der Waals surface area (Å²) in [6, 6.07) is 0. The fraction of sp³-hybridized carbons (Fsp3) is 0.750. The average molecular weight is 221 g/mol. The molecule has 0 spiro atoms. The molecule has 1 aliphatic heterocycles. The molecule has 0 aromatic rings. The second kappa shape index (κ2) is 5.19. The second-order valence-electron chi connectivity index (χ2n) is 2.17. The summed E-state index contributed by atoms with van der Waals surface area (Å²) in [5, 5.41) is 0.709. The van der Waals surface area contributed by atoms with Gasteiger partial charge in [0.1, 0.15) is 0 Å². The maximum absolute atomic E-state index is 10.7. The quantitative estimate of drug-likeness (QED) is 0.378. The average Bonchev–Trinajstić information content (AvgIpc) is 2.12. The number of rotatable bonds is 2. The molecule has 1 rings (SSSR count). The van der Waals surface area contributed by atoms with Crippen LogP contribution in [-0.2, 0) is 14.0 Å². The van der Waals surface area contributed by atoms with Gasteiger partial charge in [-0.05, 0) is 6.42 Å². The van der Waals surface area contributed by atoms with Gasteiger partial charge in [-0.3, -0.25) is 4.79 Å². The molecular weight excluding hydrogens is 212 g/mol. The van der Waals surface area contributed by atoms with Gasteiger partial charge in [0.15, 0.2) is 0 Å². The number of carbonyl (C=O) groups excluding carboxylic acids is 1. The van der Waals surface area contributed by atoms with Crippen molar-refractivity contribution in [2.45, 2.75) is 12.8 Å². The van der Waals surface area contributed by atoms with E-state index in [2.05, 4.69) is 4.62 Å². The van der Waals surface area contributed by atoms with Crippen LogP contribution in [0.25, 0.3) is 0 Å². The van der Waals surface area contributed by atoms with Crippen LogP contribution >= 0.6 is 7.82 Å². The van der Waals surface area contributed by atoms with Gasteiger partial charge >= 0.3 is 59.2 Å². The Kier molecular flexibility index (Phi) is 5.71. The molecule has 0 bridgehead atoms. The van der Waals surface area contributed by atoms with Crippen molar-refractivity contribution in [3.63, 3.8) is 0 Å². The molecule has 66 valence electrons. The van der Waals surface area contributed by atoms with Gasteiger partial charge in [0.05, 0.1) is 0 Å². The number of amides is 1. The zero-order valence-electron chi connectivity index (χ0n) is 7.63. The number of hydrogen-bond donors (Lipinski definition) is 2. The molecule has 1 aliphatic rings. The summed E-state index contributed by atoms with van der Waals surface area (Å²) in [5.41, 5.74) is 0. The van der Waals surface area contributed by atoms with Gasteiger partial charge in [0, 0.05) is 13.0 Å². The molecule has 2 N–H and O–H groups in total. The molecule has 0 radical (unpaired) electrons. The standard InChI is InChI=1S/C4H8NO5P.K.H/c6-4-2-1-3-5(4)10-11(7,8)9;;/h1-3H2,(H2,7,8,9);;/q;+1;-1. The molecule has 8 heteroatoms. The Hall–Kier alpha value is 1.22. The molecule has 12 heavy (non-hydrogen) atoms. The van der Waals surface area contributed by atoms with Crippen molar-refractivity contribution in [1.29, 1.82) is 0 Å². The molecule has 0 atom stereocenters. The normalized spacial score (nSPS) is 17.8. The minimum atomic E-state index is -4.55. The van der Waals surface area contributed by atoms with E-state index in [9.17, 15) is 9.36 Å². The zero-order valence-corrected chi connectivity index (χ0v) is 10.7. The van der Waals surface area contributed by atoms with Crippen LogP contribution in [0.3, 0.4) is 0 Å². The molecule has 0 unspecified atom stereocenters. The van der Waals surface area contributed by atoms with E-state index in [0.29, 0.717) is 17.9 Å². The molecule has 1 amide bonds. The molecule has 0 aliphatic carbocycles.